The van der Waals surface area contributed by atoms with E-state index >= 15 is 0 Å². The number of nitrogens with one attached hydrogen (secondary N) is 1. The average Bonchev–Trinajstić information content (AvgIpc) is 3.37. The van der Waals surface area contributed by atoms with E-state index in [1.54, 1.807) is 4.90 Å². The number of nitrogens with zero attached hydrogens (tertiary/aromatic N) is 2. The molecular weight excluding hydrogens is 498 g/mol. The Morgan fingerprint density at radius 3 is 1.98 bits per heavy atom. The van der Waals surface area contributed by atoms with Gasteiger partial charge in [0, 0.05) is 32.4 Å². The van der Waals surface area contributed by atoms with Crippen LogP contribution in [0.25, 0.3) is 0 Å². The van der Waals surface area contributed by atoms with Gasteiger partial charge in [0.2, 0.25) is 5.91 Å². The summed E-state index contributed by atoms with van der Waals surface area (Å²) in [6.07, 6.45) is 0.981. The van der Waals surface area contributed by atoms with Crippen molar-refractivity contribution in [1.82, 2.24) is 5.32 Å². The van der Waals surface area contributed by atoms with Crippen LogP contribution in [0.1, 0.15) is 23.1 Å². The van der Waals surface area contributed by atoms with Gasteiger partial charge in [-0.3, -0.25) is 10.1 Å². The fourth-order valence-corrected chi connectivity index (χ4v) is 5.87. The lowest BCUT2D eigenvalue weighted by molar-refractivity contribution is -0.121. The molecule has 2 aliphatic rings. The van der Waals surface area contributed by atoms with Crippen LogP contribution in [0, 0.1) is 0 Å². The first-order valence-corrected chi connectivity index (χ1v) is 14.0. The third-order valence-corrected chi connectivity index (χ3v) is 7.94. The summed E-state index contributed by atoms with van der Waals surface area (Å²) in [6, 6.07) is 36.5. The summed E-state index contributed by atoms with van der Waals surface area (Å²) in [6.45, 7) is 3.45. The Balaban J connectivity index is 1.39. The molecule has 1 N–H and O–H groups in total. The second-order valence-electron chi connectivity index (χ2n) is 10.4. The predicted octanol–water partition coefficient (Wildman–Crippen LogP) is 5.22. The maximum absolute atomic E-state index is 14.2. The second-order valence-corrected chi connectivity index (χ2v) is 10.4. The van der Waals surface area contributed by atoms with E-state index in [1.165, 1.54) is 0 Å². The zero-order valence-electron chi connectivity index (χ0n) is 22.8. The molecule has 0 bridgehead atoms. The number of amides is 1. The molecule has 1 atom stereocenters. The van der Waals surface area contributed by atoms with Crippen LogP contribution in [0.2, 0.25) is 0 Å². The second kappa shape index (κ2) is 11.5. The van der Waals surface area contributed by atoms with Crippen LogP contribution in [0.5, 0.6) is 5.75 Å². The van der Waals surface area contributed by atoms with Crippen LogP contribution in [-0.2, 0) is 15.1 Å². The molecule has 4 aromatic rings. The molecule has 0 aliphatic carbocycles. The number of carbonyl (C=O) groups excluding carboxylic acids is 1. The molecule has 0 spiro atoms. The first-order chi connectivity index (χ1) is 19.7. The molecule has 6 rings (SSSR count). The highest BCUT2D eigenvalue weighted by molar-refractivity contribution is 5.99. The van der Waals surface area contributed by atoms with Gasteiger partial charge in [-0.1, -0.05) is 91.0 Å². The Kier molecular flexibility index (Phi) is 7.53. The topological polar surface area (TPSA) is 54.0 Å². The molecule has 0 aromatic heterocycles. The van der Waals surface area contributed by atoms with Crippen molar-refractivity contribution in [3.05, 3.63) is 126 Å². The summed E-state index contributed by atoms with van der Waals surface area (Å²) < 4.78 is 12.0. The van der Waals surface area contributed by atoms with Crippen LogP contribution >= 0.6 is 0 Å². The number of anilines is 2. The highest BCUT2D eigenvalue weighted by Gasteiger charge is 2.42. The number of carbonyl (C=O) groups is 1. The van der Waals surface area contributed by atoms with Crippen molar-refractivity contribution in [3.8, 4) is 5.75 Å². The fourth-order valence-electron chi connectivity index (χ4n) is 5.87. The molecule has 6 heteroatoms. The number of benzene rings is 4. The minimum absolute atomic E-state index is 0.0396. The van der Waals surface area contributed by atoms with E-state index in [1.807, 2.05) is 67.7 Å². The summed E-state index contributed by atoms with van der Waals surface area (Å²) in [5, 5.41) is 3.82. The Labute approximate surface area is 236 Å². The Morgan fingerprint density at radius 2 is 1.38 bits per heavy atom. The molecule has 4 aromatic carbocycles. The van der Waals surface area contributed by atoms with Gasteiger partial charge >= 0.3 is 0 Å². The maximum atomic E-state index is 14.2. The average molecular weight is 534 g/mol. The van der Waals surface area contributed by atoms with Gasteiger partial charge in [-0.2, -0.15) is 0 Å². The van der Waals surface area contributed by atoms with Crippen LogP contribution in [0.15, 0.2) is 109 Å². The fraction of sp³-hybridized carbons (Fsp3) is 0.265. The Morgan fingerprint density at radius 1 is 0.775 bits per heavy atom. The predicted molar refractivity (Wildman–Crippen MR) is 159 cm³/mol. The van der Waals surface area contributed by atoms with Gasteiger partial charge in [-0.05, 0) is 41.3 Å². The van der Waals surface area contributed by atoms with E-state index in [4.69, 9.17) is 9.47 Å². The van der Waals surface area contributed by atoms with Gasteiger partial charge in [-0.15, -0.1) is 0 Å². The van der Waals surface area contributed by atoms with Crippen LogP contribution < -0.4 is 19.9 Å². The van der Waals surface area contributed by atoms with Gasteiger partial charge in [0.05, 0.1) is 17.8 Å². The monoisotopic (exact) mass is 533 g/mol. The summed E-state index contributed by atoms with van der Waals surface area (Å²) >= 11 is 0. The minimum Gasteiger partial charge on any atom is -0.489 e. The van der Waals surface area contributed by atoms with Crippen molar-refractivity contribution < 1.29 is 14.3 Å². The van der Waals surface area contributed by atoms with Crippen molar-refractivity contribution in [2.24, 2.45) is 0 Å². The lowest BCUT2D eigenvalue weighted by Crippen LogP contribution is -2.56. The van der Waals surface area contributed by atoms with Crippen molar-refractivity contribution in [1.29, 1.82) is 0 Å². The molecule has 204 valence electrons. The normalized spacial score (nSPS) is 17.9. The highest BCUT2D eigenvalue weighted by atomic mass is 16.5. The molecule has 0 saturated carbocycles. The smallest absolute Gasteiger partial charge is 0.247 e. The summed E-state index contributed by atoms with van der Waals surface area (Å²) in [5.74, 6) is 0.668. The number of hydrogen-bond acceptors (Lipinski definition) is 5. The summed E-state index contributed by atoms with van der Waals surface area (Å²) in [5.41, 5.74) is 4.23. The number of likely N-dealkylation sites (N-methyl/N-ethyl adjacent to an activating group) is 1. The first-order valence-electron chi connectivity index (χ1n) is 14.0. The van der Waals surface area contributed by atoms with E-state index in [-0.39, 0.29) is 12.5 Å². The van der Waals surface area contributed by atoms with E-state index in [2.05, 4.69) is 58.7 Å². The molecule has 2 aliphatic heterocycles. The molecule has 40 heavy (non-hydrogen) atoms. The maximum Gasteiger partial charge on any atom is 0.247 e. The lowest BCUT2D eigenvalue weighted by Gasteiger charge is -2.39. The number of rotatable bonds is 6. The highest BCUT2D eigenvalue weighted by Crippen LogP contribution is 2.39. The zero-order chi connectivity index (χ0) is 27.4. The molecule has 0 radical (unpaired) electrons. The van der Waals surface area contributed by atoms with Crippen molar-refractivity contribution in [2.45, 2.75) is 18.0 Å². The number of hydrogen-bond donors (Lipinski definition) is 1. The standard InChI is InChI=1S/C34H35N3O3/c1-36-31-24-29(37-20-11-22-39-23-21-37)18-19-32(31)40-25-30(33(36)38)35-34(26-12-5-2-6-13-26,27-14-7-3-8-15-27)28-16-9-4-10-17-28/h2-10,12-19,24,30,35H,11,20-23,25H2,1H3/t30-/m0/s1. The van der Waals surface area contributed by atoms with Gasteiger partial charge in [0.1, 0.15) is 18.4 Å². The molecule has 0 unspecified atom stereocenters. The summed E-state index contributed by atoms with van der Waals surface area (Å²) in [7, 11) is 1.84. The quantitative estimate of drug-likeness (QED) is 0.345. The zero-order valence-corrected chi connectivity index (χ0v) is 22.8. The van der Waals surface area contributed by atoms with Gasteiger partial charge < -0.3 is 19.3 Å². The molecule has 2 heterocycles. The lowest BCUT2D eigenvalue weighted by atomic mass is 9.76. The van der Waals surface area contributed by atoms with E-state index in [0.29, 0.717) is 12.4 Å². The molecule has 1 saturated heterocycles. The Bertz CT molecular complexity index is 1320. The third kappa shape index (κ3) is 4.96. The molecule has 6 nitrogen and oxygen atoms in total. The van der Waals surface area contributed by atoms with Crippen molar-refractivity contribution >= 4 is 17.3 Å². The van der Waals surface area contributed by atoms with Gasteiger partial charge in [0.15, 0.2) is 0 Å². The number of fused-ring (bicyclic) bond motifs is 1. The van der Waals surface area contributed by atoms with Crippen LogP contribution in [0.3, 0.4) is 0 Å². The first kappa shape index (κ1) is 26.1. The number of ether oxygens (including phenoxy) is 2. The van der Waals surface area contributed by atoms with Crippen molar-refractivity contribution in [3.63, 3.8) is 0 Å². The molecule has 1 fully saturated rings. The van der Waals surface area contributed by atoms with Crippen molar-refractivity contribution in [2.75, 3.05) is 49.8 Å². The van der Waals surface area contributed by atoms with Crippen LogP contribution in [0.4, 0.5) is 11.4 Å². The third-order valence-electron chi connectivity index (χ3n) is 7.94. The van der Waals surface area contributed by atoms with Crippen LogP contribution in [-0.4, -0.2) is 51.9 Å². The van der Waals surface area contributed by atoms with Gasteiger partial charge in [0.25, 0.3) is 0 Å². The van der Waals surface area contributed by atoms with E-state index in [9.17, 15) is 4.79 Å². The molecule has 1 amide bonds. The SMILES string of the molecule is CN1C(=O)[C@@H](NC(c2ccccc2)(c2ccccc2)c2ccccc2)COc2ccc(N3CCCOCC3)cc21. The largest absolute Gasteiger partial charge is 0.489 e. The summed E-state index contributed by atoms with van der Waals surface area (Å²) in [4.78, 5) is 18.2. The van der Waals surface area contributed by atoms with Gasteiger partial charge in [-0.25, -0.2) is 0 Å². The van der Waals surface area contributed by atoms with E-state index < -0.39 is 11.6 Å². The Hall–Kier alpha value is -4.13. The minimum atomic E-state index is -0.776. The molecular formula is C34H35N3O3. The van der Waals surface area contributed by atoms with E-state index in [0.717, 1.165) is 54.2 Å².